The molecule has 4 rings (SSSR count). The second-order valence-corrected chi connectivity index (χ2v) is 7.30. The molecule has 2 atom stereocenters. The van der Waals surface area contributed by atoms with Crippen LogP contribution in [0.3, 0.4) is 0 Å². The van der Waals surface area contributed by atoms with Crippen molar-refractivity contribution >= 4 is 15.9 Å². The molecule has 11 heteroatoms. The van der Waals surface area contributed by atoms with Crippen LogP contribution in [-0.2, 0) is 0 Å². The molecule has 0 aromatic carbocycles. The fourth-order valence-corrected chi connectivity index (χ4v) is 3.12. The van der Waals surface area contributed by atoms with Gasteiger partial charge in [0, 0.05) is 34.8 Å². The molecular formula is C16H13BrF4N6. The van der Waals surface area contributed by atoms with Gasteiger partial charge in [0.1, 0.15) is 5.69 Å². The van der Waals surface area contributed by atoms with Gasteiger partial charge >= 0.3 is 6.55 Å². The Balaban J connectivity index is 1.63. The molecule has 3 aromatic heterocycles. The van der Waals surface area contributed by atoms with Crippen molar-refractivity contribution < 1.29 is 17.6 Å². The number of pyridine rings is 1. The molecule has 0 N–H and O–H groups in total. The lowest BCUT2D eigenvalue weighted by Gasteiger charge is -2.17. The molecule has 1 aliphatic carbocycles. The van der Waals surface area contributed by atoms with Gasteiger partial charge in [0.25, 0.3) is 5.92 Å². The van der Waals surface area contributed by atoms with Crippen molar-refractivity contribution in [3.8, 4) is 11.3 Å². The molecule has 0 amide bonds. The summed E-state index contributed by atoms with van der Waals surface area (Å²) in [5, 5.41) is 11.3. The van der Waals surface area contributed by atoms with Crippen LogP contribution in [0.1, 0.15) is 31.1 Å². The van der Waals surface area contributed by atoms with Gasteiger partial charge in [-0.25, -0.2) is 8.78 Å². The van der Waals surface area contributed by atoms with Gasteiger partial charge in [0.05, 0.1) is 24.1 Å². The summed E-state index contributed by atoms with van der Waals surface area (Å²) in [6.07, 6.45) is 5.73. The maximum absolute atomic E-state index is 13.5. The third kappa shape index (κ3) is 3.73. The van der Waals surface area contributed by atoms with Crippen LogP contribution < -0.4 is 0 Å². The second kappa shape index (κ2) is 6.70. The minimum Gasteiger partial charge on any atom is -0.263 e. The number of nitrogens with zero attached hydrogens (tertiary/aromatic N) is 6. The van der Waals surface area contributed by atoms with Gasteiger partial charge < -0.3 is 0 Å². The fourth-order valence-electron chi connectivity index (χ4n) is 2.89. The van der Waals surface area contributed by atoms with Crippen LogP contribution in [0.4, 0.5) is 17.6 Å². The highest BCUT2D eigenvalue weighted by Crippen LogP contribution is 2.53. The Morgan fingerprint density at radius 2 is 1.96 bits per heavy atom. The van der Waals surface area contributed by atoms with Gasteiger partial charge in [0.15, 0.2) is 0 Å². The van der Waals surface area contributed by atoms with Gasteiger partial charge in [-0.05, 0) is 34.5 Å². The van der Waals surface area contributed by atoms with Crippen LogP contribution >= 0.6 is 15.9 Å². The summed E-state index contributed by atoms with van der Waals surface area (Å²) in [5.41, 5.74) is 1.28. The third-order valence-corrected chi connectivity index (χ3v) is 4.95. The lowest BCUT2D eigenvalue weighted by Crippen LogP contribution is -2.15. The molecule has 3 aromatic rings. The summed E-state index contributed by atoms with van der Waals surface area (Å²) >= 11 is 3.30. The Labute approximate surface area is 159 Å². The number of rotatable bonds is 6. The molecule has 3 heterocycles. The SMILES string of the molecule is FC(F)n1cc(-c2cnn(C(CC3CC3(F)F)c3ccc(Br)cn3)c2)nn1. The van der Waals surface area contributed by atoms with E-state index in [9.17, 15) is 17.6 Å². The molecule has 0 aliphatic heterocycles. The molecular weight excluding hydrogens is 432 g/mol. The summed E-state index contributed by atoms with van der Waals surface area (Å²) in [5.74, 6) is -3.40. The van der Waals surface area contributed by atoms with Crippen molar-refractivity contribution in [2.75, 3.05) is 0 Å². The van der Waals surface area contributed by atoms with E-state index in [0.717, 1.165) is 10.7 Å². The van der Waals surface area contributed by atoms with Gasteiger partial charge in [0.2, 0.25) is 0 Å². The average molecular weight is 445 g/mol. The summed E-state index contributed by atoms with van der Waals surface area (Å²) in [6.45, 7) is -2.79. The Morgan fingerprint density at radius 1 is 1.19 bits per heavy atom. The van der Waals surface area contributed by atoms with Crippen LogP contribution in [0, 0.1) is 5.92 Å². The van der Waals surface area contributed by atoms with E-state index >= 15 is 0 Å². The monoisotopic (exact) mass is 444 g/mol. The quantitative estimate of drug-likeness (QED) is 0.530. The van der Waals surface area contributed by atoms with Crippen LogP contribution in [0.25, 0.3) is 11.3 Å². The van der Waals surface area contributed by atoms with Crippen molar-refractivity contribution in [2.45, 2.75) is 31.4 Å². The minimum absolute atomic E-state index is 0.156. The summed E-state index contributed by atoms with van der Waals surface area (Å²) in [4.78, 5) is 4.31. The molecule has 1 fully saturated rings. The smallest absolute Gasteiger partial charge is 0.263 e. The maximum atomic E-state index is 13.5. The Hall–Kier alpha value is -2.30. The topological polar surface area (TPSA) is 61.4 Å². The van der Waals surface area contributed by atoms with E-state index in [1.165, 1.54) is 10.9 Å². The third-order valence-electron chi connectivity index (χ3n) is 4.48. The van der Waals surface area contributed by atoms with Crippen molar-refractivity contribution in [3.63, 3.8) is 0 Å². The zero-order chi connectivity index (χ0) is 19.2. The van der Waals surface area contributed by atoms with Crippen molar-refractivity contribution in [3.05, 3.63) is 47.1 Å². The van der Waals surface area contributed by atoms with Crippen LogP contribution in [0.2, 0.25) is 0 Å². The number of halogens is 5. The molecule has 0 spiro atoms. The van der Waals surface area contributed by atoms with Gasteiger partial charge in [-0.15, -0.1) is 5.10 Å². The molecule has 27 heavy (non-hydrogen) atoms. The minimum atomic E-state index is -2.79. The molecule has 142 valence electrons. The van der Waals surface area contributed by atoms with Crippen molar-refractivity contribution in [1.82, 2.24) is 29.8 Å². The first-order valence-corrected chi connectivity index (χ1v) is 8.86. The molecule has 1 aliphatic rings. The highest BCUT2D eigenvalue weighted by Gasteiger charge is 2.57. The first-order chi connectivity index (χ1) is 12.8. The first-order valence-electron chi connectivity index (χ1n) is 8.07. The zero-order valence-electron chi connectivity index (χ0n) is 13.7. The lowest BCUT2D eigenvalue weighted by atomic mass is 10.1. The van der Waals surface area contributed by atoms with E-state index < -0.39 is 24.4 Å². The molecule has 0 radical (unpaired) electrons. The van der Waals surface area contributed by atoms with E-state index in [2.05, 4.69) is 36.3 Å². The van der Waals surface area contributed by atoms with Crippen LogP contribution in [0.5, 0.6) is 0 Å². The van der Waals surface area contributed by atoms with Crippen LogP contribution in [0.15, 0.2) is 41.4 Å². The zero-order valence-corrected chi connectivity index (χ0v) is 15.3. The van der Waals surface area contributed by atoms with E-state index in [0.29, 0.717) is 15.9 Å². The predicted molar refractivity (Wildman–Crippen MR) is 90.2 cm³/mol. The standard InChI is InChI=1S/C16H13BrF4N6/c17-11-1-2-12(22-6-11)14(3-10-4-16(10,20)21)26-7-9(5-23-26)13-8-27(15(18)19)25-24-13/h1-2,5-8,10,14-15H,3-4H2. The van der Waals surface area contributed by atoms with E-state index in [1.54, 1.807) is 24.5 Å². The van der Waals surface area contributed by atoms with E-state index in [1.807, 2.05) is 0 Å². The second-order valence-electron chi connectivity index (χ2n) is 6.39. The Kier molecular flexibility index (Phi) is 4.49. The summed E-state index contributed by atoms with van der Waals surface area (Å²) in [6, 6.07) is 3.01. The molecule has 1 saturated carbocycles. The molecule has 0 saturated heterocycles. The van der Waals surface area contributed by atoms with Gasteiger partial charge in [-0.2, -0.15) is 18.6 Å². The van der Waals surface area contributed by atoms with Crippen LogP contribution in [-0.4, -0.2) is 35.7 Å². The average Bonchev–Trinajstić information content (AvgIpc) is 3.07. The largest absolute Gasteiger partial charge is 0.334 e. The van der Waals surface area contributed by atoms with Gasteiger partial charge in [-0.3, -0.25) is 9.67 Å². The molecule has 6 nitrogen and oxygen atoms in total. The number of alkyl halides is 4. The summed E-state index contributed by atoms with van der Waals surface area (Å²) < 4.78 is 54.9. The first kappa shape index (κ1) is 18.1. The molecule has 2 unspecified atom stereocenters. The van der Waals surface area contributed by atoms with E-state index in [-0.39, 0.29) is 18.5 Å². The van der Waals surface area contributed by atoms with Gasteiger partial charge in [-0.1, -0.05) is 5.21 Å². The van der Waals surface area contributed by atoms with Crippen molar-refractivity contribution in [1.29, 1.82) is 0 Å². The fraction of sp³-hybridized carbons (Fsp3) is 0.375. The van der Waals surface area contributed by atoms with Crippen molar-refractivity contribution in [2.24, 2.45) is 5.92 Å². The predicted octanol–water partition coefficient (Wildman–Crippen LogP) is 4.33. The maximum Gasteiger partial charge on any atom is 0.334 e. The highest BCUT2D eigenvalue weighted by molar-refractivity contribution is 9.10. The number of aromatic nitrogens is 6. The number of hydrogen-bond donors (Lipinski definition) is 0. The Morgan fingerprint density at radius 3 is 2.56 bits per heavy atom. The highest BCUT2D eigenvalue weighted by atomic mass is 79.9. The Bertz CT molecular complexity index is 939. The lowest BCUT2D eigenvalue weighted by molar-refractivity contribution is 0.0546. The normalized spacial score (nSPS) is 19.4. The summed E-state index contributed by atoms with van der Waals surface area (Å²) in [7, 11) is 0. The van der Waals surface area contributed by atoms with E-state index in [4.69, 9.17) is 0 Å². The molecule has 0 bridgehead atoms. The number of hydrogen-bond acceptors (Lipinski definition) is 4.